The fraction of sp³-hybridized carbons (Fsp3) is 0.125. The number of hydrogen-bond acceptors (Lipinski definition) is 3. The topological polar surface area (TPSA) is 46.2 Å². The third-order valence-electron chi connectivity index (χ3n) is 2.78. The first-order valence-electron chi connectivity index (χ1n) is 6.31. The quantitative estimate of drug-likeness (QED) is 0.654. The van der Waals surface area contributed by atoms with Crippen LogP contribution in [0.2, 0.25) is 0 Å². The van der Waals surface area contributed by atoms with Crippen molar-refractivity contribution in [2.75, 3.05) is 11.1 Å². The molecule has 102 valence electrons. The summed E-state index contributed by atoms with van der Waals surface area (Å²) in [5, 5.41) is 2.75. The van der Waals surface area contributed by atoms with E-state index >= 15 is 0 Å². The monoisotopic (exact) mass is 285 g/mol. The van der Waals surface area contributed by atoms with Crippen LogP contribution in [-0.2, 0) is 4.79 Å². The van der Waals surface area contributed by atoms with Crippen molar-refractivity contribution in [3.63, 3.8) is 0 Å². The molecule has 3 nitrogen and oxygen atoms in total. The van der Waals surface area contributed by atoms with E-state index in [4.69, 9.17) is 0 Å². The number of carbonyl (C=O) groups excluding carboxylic acids is 2. The van der Waals surface area contributed by atoms with Crippen molar-refractivity contribution in [1.82, 2.24) is 0 Å². The Morgan fingerprint density at radius 3 is 2.35 bits per heavy atom. The predicted molar refractivity (Wildman–Crippen MR) is 83.4 cm³/mol. The van der Waals surface area contributed by atoms with Gasteiger partial charge in [-0.3, -0.25) is 9.59 Å². The van der Waals surface area contributed by atoms with E-state index in [1.54, 1.807) is 36.4 Å². The van der Waals surface area contributed by atoms with E-state index in [9.17, 15) is 9.59 Å². The predicted octanol–water partition coefficient (Wildman–Crippen LogP) is 3.18. The van der Waals surface area contributed by atoms with E-state index in [0.717, 1.165) is 0 Å². The lowest BCUT2D eigenvalue weighted by molar-refractivity contribution is -0.115. The Balaban J connectivity index is 2.18. The van der Waals surface area contributed by atoms with Crippen LogP contribution in [-0.4, -0.2) is 17.4 Å². The van der Waals surface area contributed by atoms with Gasteiger partial charge in [-0.2, -0.15) is 12.6 Å². The smallest absolute Gasteiger partial charge is 0.225 e. The molecular formula is C16H15NO2S. The number of hydrogen-bond donors (Lipinski definition) is 2. The van der Waals surface area contributed by atoms with Crippen molar-refractivity contribution in [2.24, 2.45) is 0 Å². The molecule has 0 bridgehead atoms. The van der Waals surface area contributed by atoms with Gasteiger partial charge in [0, 0.05) is 23.2 Å². The second kappa shape index (κ2) is 6.91. The maximum Gasteiger partial charge on any atom is 0.225 e. The normalized spacial score (nSPS) is 10.1. The minimum atomic E-state index is -0.107. The molecule has 0 aromatic heterocycles. The van der Waals surface area contributed by atoms with Gasteiger partial charge in [-0.1, -0.05) is 42.5 Å². The summed E-state index contributed by atoms with van der Waals surface area (Å²) in [5.41, 5.74) is 1.81. The van der Waals surface area contributed by atoms with Gasteiger partial charge >= 0.3 is 0 Å². The van der Waals surface area contributed by atoms with Gasteiger partial charge in [-0.05, 0) is 17.9 Å². The molecule has 0 aliphatic rings. The summed E-state index contributed by atoms with van der Waals surface area (Å²) in [6.45, 7) is 0. The summed E-state index contributed by atoms with van der Waals surface area (Å²) in [6.07, 6.45) is 0.347. The van der Waals surface area contributed by atoms with Gasteiger partial charge in [0.15, 0.2) is 5.78 Å². The summed E-state index contributed by atoms with van der Waals surface area (Å²) in [5.74, 6) is 0.328. The molecule has 0 fully saturated rings. The molecule has 20 heavy (non-hydrogen) atoms. The lowest BCUT2D eigenvalue weighted by Gasteiger charge is -2.06. The molecule has 2 rings (SSSR count). The zero-order valence-electron chi connectivity index (χ0n) is 10.9. The molecule has 2 aromatic rings. The highest BCUT2D eigenvalue weighted by atomic mass is 32.1. The molecular weight excluding hydrogens is 270 g/mol. The van der Waals surface area contributed by atoms with Crippen molar-refractivity contribution < 1.29 is 9.59 Å². The number of amides is 1. The van der Waals surface area contributed by atoms with Crippen molar-refractivity contribution >= 4 is 30.0 Å². The maximum atomic E-state index is 12.3. The molecule has 0 spiro atoms. The Labute approximate surface area is 123 Å². The number of nitrogens with one attached hydrogen (secondary N) is 1. The minimum absolute atomic E-state index is 0.0594. The highest BCUT2D eigenvalue weighted by molar-refractivity contribution is 7.80. The highest BCUT2D eigenvalue weighted by Crippen LogP contribution is 2.15. The molecule has 0 aliphatic heterocycles. The van der Waals surface area contributed by atoms with Gasteiger partial charge in [0.1, 0.15) is 0 Å². The average Bonchev–Trinajstić information content (AvgIpc) is 2.48. The molecule has 0 aliphatic carbocycles. The average molecular weight is 285 g/mol. The zero-order chi connectivity index (χ0) is 14.4. The van der Waals surface area contributed by atoms with Gasteiger partial charge < -0.3 is 5.32 Å². The lowest BCUT2D eigenvalue weighted by atomic mass is 10.0. The molecule has 4 heteroatoms. The standard InChI is InChI=1S/C16H15NO2S/c18-15(9-10-20)17-14-8-4-7-13(11-14)16(19)12-5-2-1-3-6-12/h1-8,11,20H,9-10H2,(H,17,18). The van der Waals surface area contributed by atoms with E-state index in [1.807, 2.05) is 18.2 Å². The maximum absolute atomic E-state index is 12.3. The fourth-order valence-electron chi connectivity index (χ4n) is 1.82. The Kier molecular flexibility index (Phi) is 4.96. The highest BCUT2D eigenvalue weighted by Gasteiger charge is 2.09. The molecule has 0 heterocycles. The van der Waals surface area contributed by atoms with Crippen LogP contribution in [0.4, 0.5) is 5.69 Å². The van der Waals surface area contributed by atoms with Crippen LogP contribution < -0.4 is 5.32 Å². The Morgan fingerprint density at radius 2 is 1.65 bits per heavy atom. The number of thiol groups is 1. The van der Waals surface area contributed by atoms with Crippen LogP contribution in [0.5, 0.6) is 0 Å². The molecule has 0 atom stereocenters. The van der Waals surface area contributed by atoms with Gasteiger partial charge in [-0.15, -0.1) is 0 Å². The van der Waals surface area contributed by atoms with Gasteiger partial charge in [-0.25, -0.2) is 0 Å². The largest absolute Gasteiger partial charge is 0.326 e. The summed E-state index contributed by atoms with van der Waals surface area (Å²) in [6, 6.07) is 16.0. The number of carbonyl (C=O) groups is 2. The van der Waals surface area contributed by atoms with Crippen molar-refractivity contribution in [1.29, 1.82) is 0 Å². The number of ketones is 1. The summed E-state index contributed by atoms with van der Waals surface area (Å²) < 4.78 is 0. The Hall–Kier alpha value is -2.07. The van der Waals surface area contributed by atoms with Crippen LogP contribution in [0.25, 0.3) is 0 Å². The number of benzene rings is 2. The molecule has 1 amide bonds. The zero-order valence-corrected chi connectivity index (χ0v) is 11.8. The van der Waals surface area contributed by atoms with Gasteiger partial charge in [0.2, 0.25) is 5.91 Å². The summed E-state index contributed by atoms with van der Waals surface area (Å²) in [4.78, 5) is 23.8. The molecule has 0 saturated heterocycles. The molecule has 2 aromatic carbocycles. The van der Waals surface area contributed by atoms with Crippen LogP contribution in [0.3, 0.4) is 0 Å². The fourth-order valence-corrected chi connectivity index (χ4v) is 2.02. The van der Waals surface area contributed by atoms with Crippen LogP contribution >= 0.6 is 12.6 Å². The Morgan fingerprint density at radius 1 is 0.950 bits per heavy atom. The minimum Gasteiger partial charge on any atom is -0.326 e. The van der Waals surface area contributed by atoms with E-state index < -0.39 is 0 Å². The first kappa shape index (κ1) is 14.3. The SMILES string of the molecule is O=C(CCS)Nc1cccc(C(=O)c2ccccc2)c1. The lowest BCUT2D eigenvalue weighted by Crippen LogP contribution is -2.12. The van der Waals surface area contributed by atoms with E-state index in [0.29, 0.717) is 29.0 Å². The first-order chi connectivity index (χ1) is 9.70. The number of anilines is 1. The third kappa shape index (κ3) is 3.71. The van der Waals surface area contributed by atoms with Crippen molar-refractivity contribution in [2.45, 2.75) is 6.42 Å². The van der Waals surface area contributed by atoms with Crippen LogP contribution in [0.1, 0.15) is 22.3 Å². The van der Waals surface area contributed by atoms with Crippen LogP contribution in [0, 0.1) is 0 Å². The van der Waals surface area contributed by atoms with Gasteiger partial charge in [0.05, 0.1) is 0 Å². The van der Waals surface area contributed by atoms with Crippen LogP contribution in [0.15, 0.2) is 54.6 Å². The first-order valence-corrected chi connectivity index (χ1v) is 6.94. The molecule has 0 radical (unpaired) electrons. The summed E-state index contributed by atoms with van der Waals surface area (Å²) in [7, 11) is 0. The molecule has 0 unspecified atom stereocenters. The van der Waals surface area contributed by atoms with E-state index in [1.165, 1.54) is 0 Å². The summed E-state index contributed by atoms with van der Waals surface area (Å²) >= 11 is 4.01. The molecule has 1 N–H and O–H groups in total. The van der Waals surface area contributed by atoms with Crippen molar-refractivity contribution in [3.8, 4) is 0 Å². The second-order valence-electron chi connectivity index (χ2n) is 4.30. The van der Waals surface area contributed by atoms with Gasteiger partial charge in [0.25, 0.3) is 0 Å². The number of rotatable bonds is 5. The third-order valence-corrected chi connectivity index (χ3v) is 3.01. The Bertz CT molecular complexity index is 611. The van der Waals surface area contributed by atoms with E-state index in [2.05, 4.69) is 17.9 Å². The molecule has 0 saturated carbocycles. The van der Waals surface area contributed by atoms with E-state index in [-0.39, 0.29) is 11.7 Å². The van der Waals surface area contributed by atoms with Crippen molar-refractivity contribution in [3.05, 3.63) is 65.7 Å². The second-order valence-corrected chi connectivity index (χ2v) is 4.74.